The van der Waals surface area contributed by atoms with Crippen LogP contribution in [0.5, 0.6) is 11.5 Å². The molecule has 0 aliphatic heterocycles. The topological polar surface area (TPSA) is 68.0 Å². The van der Waals surface area contributed by atoms with Gasteiger partial charge in [-0.2, -0.15) is 0 Å². The Labute approximate surface area is 125 Å². The van der Waals surface area contributed by atoms with E-state index >= 15 is 0 Å². The molecule has 20 heavy (non-hydrogen) atoms. The van der Waals surface area contributed by atoms with Crippen molar-refractivity contribution in [3.63, 3.8) is 0 Å². The van der Waals surface area contributed by atoms with E-state index in [2.05, 4.69) is 0 Å². The SMILES string of the molecule is COc1cc(C(O)C(N)CCN(C)C)c(OC)cc1Cl. The van der Waals surface area contributed by atoms with E-state index in [-0.39, 0.29) is 0 Å². The highest BCUT2D eigenvalue weighted by Gasteiger charge is 2.22. The van der Waals surface area contributed by atoms with Crippen LogP contribution in [-0.2, 0) is 0 Å². The van der Waals surface area contributed by atoms with Gasteiger partial charge in [0.1, 0.15) is 11.5 Å². The average molecular weight is 303 g/mol. The van der Waals surface area contributed by atoms with E-state index in [1.54, 1.807) is 12.1 Å². The molecule has 0 fully saturated rings. The normalized spacial score (nSPS) is 14.2. The summed E-state index contributed by atoms with van der Waals surface area (Å²) in [6, 6.07) is 2.90. The summed E-state index contributed by atoms with van der Waals surface area (Å²) in [5.41, 5.74) is 6.63. The molecule has 0 heterocycles. The minimum Gasteiger partial charge on any atom is -0.496 e. The third-order valence-corrected chi connectivity index (χ3v) is 3.43. The largest absolute Gasteiger partial charge is 0.496 e. The van der Waals surface area contributed by atoms with Crippen molar-refractivity contribution in [3.05, 3.63) is 22.7 Å². The first-order valence-corrected chi connectivity index (χ1v) is 6.78. The molecule has 3 N–H and O–H groups in total. The molecular weight excluding hydrogens is 280 g/mol. The molecule has 1 rings (SSSR count). The number of hydrogen-bond acceptors (Lipinski definition) is 5. The van der Waals surface area contributed by atoms with Gasteiger partial charge in [0.2, 0.25) is 0 Å². The Morgan fingerprint density at radius 2 is 1.85 bits per heavy atom. The predicted molar refractivity (Wildman–Crippen MR) is 80.7 cm³/mol. The van der Waals surface area contributed by atoms with E-state index in [4.69, 9.17) is 26.8 Å². The highest BCUT2D eigenvalue weighted by atomic mass is 35.5. The van der Waals surface area contributed by atoms with Gasteiger partial charge in [0.05, 0.1) is 25.3 Å². The van der Waals surface area contributed by atoms with E-state index < -0.39 is 12.1 Å². The zero-order chi connectivity index (χ0) is 15.3. The molecule has 0 amide bonds. The van der Waals surface area contributed by atoms with E-state index in [9.17, 15) is 5.11 Å². The number of hydrogen-bond donors (Lipinski definition) is 2. The molecule has 0 saturated heterocycles. The van der Waals surface area contributed by atoms with Gasteiger partial charge in [-0.3, -0.25) is 0 Å². The smallest absolute Gasteiger partial charge is 0.138 e. The summed E-state index contributed by atoms with van der Waals surface area (Å²) in [5.74, 6) is 0.991. The fourth-order valence-electron chi connectivity index (χ4n) is 1.91. The highest BCUT2D eigenvalue weighted by Crippen LogP contribution is 2.36. The van der Waals surface area contributed by atoms with E-state index in [0.717, 1.165) is 6.54 Å². The number of rotatable bonds is 7. The number of benzene rings is 1. The summed E-state index contributed by atoms with van der Waals surface area (Å²) in [5, 5.41) is 10.8. The van der Waals surface area contributed by atoms with Crippen LogP contribution in [0.4, 0.5) is 0 Å². The highest BCUT2D eigenvalue weighted by molar-refractivity contribution is 6.32. The number of nitrogens with two attached hydrogens (primary N) is 1. The lowest BCUT2D eigenvalue weighted by Gasteiger charge is -2.23. The Kier molecular flexibility index (Phi) is 6.55. The van der Waals surface area contributed by atoms with Crippen molar-refractivity contribution in [1.82, 2.24) is 4.90 Å². The first-order chi connectivity index (χ1) is 9.40. The molecule has 0 radical (unpaired) electrons. The van der Waals surface area contributed by atoms with Crippen LogP contribution < -0.4 is 15.2 Å². The molecule has 0 aliphatic rings. The summed E-state index contributed by atoms with van der Waals surface area (Å²) in [4.78, 5) is 2.02. The summed E-state index contributed by atoms with van der Waals surface area (Å²) in [6.07, 6.45) is -0.168. The van der Waals surface area contributed by atoms with Gasteiger partial charge in [0.15, 0.2) is 0 Å². The minimum atomic E-state index is -0.837. The Morgan fingerprint density at radius 3 is 2.35 bits per heavy atom. The zero-order valence-electron chi connectivity index (χ0n) is 12.4. The standard InChI is InChI=1S/C14H23ClN2O3/c1-17(2)6-5-11(16)14(18)9-7-13(20-4)10(15)8-12(9)19-3/h7-8,11,14,18H,5-6,16H2,1-4H3. The summed E-state index contributed by atoms with van der Waals surface area (Å²) < 4.78 is 10.4. The van der Waals surface area contributed by atoms with Crippen molar-refractivity contribution in [3.8, 4) is 11.5 Å². The van der Waals surface area contributed by atoms with Gasteiger partial charge in [-0.05, 0) is 33.1 Å². The van der Waals surface area contributed by atoms with Crippen molar-refractivity contribution < 1.29 is 14.6 Å². The maximum atomic E-state index is 10.4. The second kappa shape index (κ2) is 7.69. The number of aliphatic hydroxyl groups is 1. The van der Waals surface area contributed by atoms with Crippen LogP contribution in [0, 0.1) is 0 Å². The molecule has 1 aromatic rings. The maximum absolute atomic E-state index is 10.4. The summed E-state index contributed by atoms with van der Waals surface area (Å²) in [6.45, 7) is 0.797. The predicted octanol–water partition coefficient (Wildman–Crippen LogP) is 1.67. The fourth-order valence-corrected chi connectivity index (χ4v) is 2.14. The van der Waals surface area contributed by atoms with E-state index in [1.165, 1.54) is 14.2 Å². The van der Waals surface area contributed by atoms with Gasteiger partial charge in [-0.15, -0.1) is 0 Å². The summed E-state index contributed by atoms with van der Waals surface area (Å²) >= 11 is 6.04. The third kappa shape index (κ3) is 4.24. The van der Waals surface area contributed by atoms with Crippen molar-refractivity contribution in [2.75, 3.05) is 34.9 Å². The third-order valence-electron chi connectivity index (χ3n) is 3.14. The lowest BCUT2D eigenvalue weighted by molar-refractivity contribution is 0.134. The van der Waals surface area contributed by atoms with Gasteiger partial charge in [-0.1, -0.05) is 11.6 Å². The second-order valence-corrected chi connectivity index (χ2v) is 5.34. The van der Waals surface area contributed by atoms with E-state index in [0.29, 0.717) is 28.5 Å². The van der Waals surface area contributed by atoms with Crippen molar-refractivity contribution in [1.29, 1.82) is 0 Å². The minimum absolute atomic E-state index is 0.391. The monoisotopic (exact) mass is 302 g/mol. The maximum Gasteiger partial charge on any atom is 0.138 e. The van der Waals surface area contributed by atoms with Gasteiger partial charge in [-0.25, -0.2) is 0 Å². The van der Waals surface area contributed by atoms with Crippen LogP contribution >= 0.6 is 11.6 Å². The first-order valence-electron chi connectivity index (χ1n) is 6.40. The van der Waals surface area contributed by atoms with Gasteiger partial charge in [0, 0.05) is 17.7 Å². The Bertz CT molecular complexity index is 441. The van der Waals surface area contributed by atoms with Crippen LogP contribution in [0.3, 0.4) is 0 Å². The van der Waals surface area contributed by atoms with Gasteiger partial charge in [0.25, 0.3) is 0 Å². The molecule has 114 valence electrons. The number of halogens is 1. The lowest BCUT2D eigenvalue weighted by Crippen LogP contribution is -2.32. The van der Waals surface area contributed by atoms with Gasteiger partial charge >= 0.3 is 0 Å². The molecule has 0 spiro atoms. The molecular formula is C14H23ClN2O3. The molecule has 1 aromatic carbocycles. The van der Waals surface area contributed by atoms with Crippen molar-refractivity contribution >= 4 is 11.6 Å². The first kappa shape index (κ1) is 17.0. The Hall–Kier alpha value is -1.01. The Balaban J connectivity index is 2.98. The number of ether oxygens (including phenoxy) is 2. The van der Waals surface area contributed by atoms with Crippen LogP contribution in [-0.4, -0.2) is 50.9 Å². The number of methoxy groups -OCH3 is 2. The molecule has 0 aliphatic carbocycles. The molecule has 6 heteroatoms. The van der Waals surface area contributed by atoms with Crippen LogP contribution in [0.1, 0.15) is 18.1 Å². The van der Waals surface area contributed by atoms with E-state index in [1.807, 2.05) is 19.0 Å². The lowest BCUT2D eigenvalue weighted by atomic mass is 9.99. The fraction of sp³-hybridized carbons (Fsp3) is 0.571. The van der Waals surface area contributed by atoms with Crippen LogP contribution in [0.15, 0.2) is 12.1 Å². The van der Waals surface area contributed by atoms with Crippen molar-refractivity contribution in [2.24, 2.45) is 5.73 Å². The van der Waals surface area contributed by atoms with Crippen LogP contribution in [0.2, 0.25) is 5.02 Å². The molecule has 2 unspecified atom stereocenters. The van der Waals surface area contributed by atoms with Crippen LogP contribution in [0.25, 0.3) is 0 Å². The summed E-state index contributed by atoms with van der Waals surface area (Å²) in [7, 11) is 6.98. The molecule has 2 atom stereocenters. The molecule has 5 nitrogen and oxygen atoms in total. The molecule has 0 saturated carbocycles. The number of aliphatic hydroxyl groups excluding tert-OH is 1. The van der Waals surface area contributed by atoms with Gasteiger partial charge < -0.3 is 25.2 Å². The average Bonchev–Trinajstić information content (AvgIpc) is 2.43. The molecule has 0 bridgehead atoms. The Morgan fingerprint density at radius 1 is 1.25 bits per heavy atom. The molecule has 0 aromatic heterocycles. The second-order valence-electron chi connectivity index (χ2n) is 4.93. The number of nitrogens with zero attached hydrogens (tertiary/aromatic N) is 1. The zero-order valence-corrected chi connectivity index (χ0v) is 13.1. The van der Waals surface area contributed by atoms with Crippen molar-refractivity contribution in [2.45, 2.75) is 18.6 Å². The quantitative estimate of drug-likeness (QED) is 0.802.